The summed E-state index contributed by atoms with van der Waals surface area (Å²) in [6.45, 7) is 2.64. The van der Waals surface area contributed by atoms with Gasteiger partial charge < -0.3 is 21.3 Å². The van der Waals surface area contributed by atoms with Crippen molar-refractivity contribution in [1.29, 1.82) is 0 Å². The first kappa shape index (κ1) is 16.4. The van der Waals surface area contributed by atoms with Crippen molar-refractivity contribution in [1.82, 2.24) is 4.90 Å². The molecule has 1 rings (SSSR count). The van der Waals surface area contributed by atoms with Crippen molar-refractivity contribution in [3.05, 3.63) is 0 Å². The third-order valence-corrected chi connectivity index (χ3v) is 1.58. The van der Waals surface area contributed by atoms with E-state index in [9.17, 15) is 0 Å². The van der Waals surface area contributed by atoms with Crippen LogP contribution in [-0.2, 0) is 0 Å². The SMILES string of the molecule is CN1CCCCC1.O.O.O. The summed E-state index contributed by atoms with van der Waals surface area (Å²) < 4.78 is 0. The first-order chi connectivity index (χ1) is 3.39. The molecule has 0 saturated carbocycles. The summed E-state index contributed by atoms with van der Waals surface area (Å²) in [5, 5.41) is 0. The molecule has 1 saturated heterocycles. The molecule has 0 radical (unpaired) electrons. The van der Waals surface area contributed by atoms with Gasteiger partial charge in [-0.3, -0.25) is 0 Å². The van der Waals surface area contributed by atoms with Gasteiger partial charge in [0.15, 0.2) is 0 Å². The summed E-state index contributed by atoms with van der Waals surface area (Å²) in [7, 11) is 2.19. The van der Waals surface area contributed by atoms with Crippen molar-refractivity contribution < 1.29 is 16.4 Å². The number of nitrogens with zero attached hydrogens (tertiary/aromatic N) is 1. The lowest BCUT2D eigenvalue weighted by atomic mass is 10.1. The predicted molar refractivity (Wildman–Crippen MR) is 42.2 cm³/mol. The van der Waals surface area contributed by atoms with Gasteiger partial charge >= 0.3 is 0 Å². The van der Waals surface area contributed by atoms with E-state index in [0.29, 0.717) is 0 Å². The third-order valence-electron chi connectivity index (χ3n) is 1.58. The Hall–Kier alpha value is -0.160. The van der Waals surface area contributed by atoms with Crippen LogP contribution in [0.3, 0.4) is 0 Å². The molecule has 1 aliphatic heterocycles. The minimum atomic E-state index is 0. The largest absolute Gasteiger partial charge is 0.412 e. The Kier molecular flexibility index (Phi) is 14.5. The summed E-state index contributed by atoms with van der Waals surface area (Å²) >= 11 is 0. The van der Waals surface area contributed by atoms with Crippen molar-refractivity contribution in [3.8, 4) is 0 Å². The second kappa shape index (κ2) is 8.84. The molecule has 66 valence electrons. The van der Waals surface area contributed by atoms with E-state index >= 15 is 0 Å². The Morgan fingerprint density at radius 2 is 1.20 bits per heavy atom. The van der Waals surface area contributed by atoms with Crippen LogP contribution in [0.1, 0.15) is 19.3 Å². The molecule has 10 heavy (non-hydrogen) atoms. The van der Waals surface area contributed by atoms with Gasteiger partial charge in [0.2, 0.25) is 0 Å². The molecule has 0 aromatic carbocycles. The summed E-state index contributed by atoms with van der Waals surface area (Å²) in [6, 6.07) is 0. The Labute approximate surface area is 61.8 Å². The molecule has 1 aliphatic rings. The molecule has 0 unspecified atom stereocenters. The maximum Gasteiger partial charge on any atom is -0.00218 e. The molecule has 4 heteroatoms. The summed E-state index contributed by atoms with van der Waals surface area (Å²) in [5.41, 5.74) is 0. The Morgan fingerprint density at radius 3 is 1.40 bits per heavy atom. The summed E-state index contributed by atoms with van der Waals surface area (Å²) in [5.74, 6) is 0. The highest BCUT2D eigenvalue weighted by Crippen LogP contribution is 2.04. The molecule has 0 aliphatic carbocycles. The molecule has 4 nitrogen and oxygen atoms in total. The van der Waals surface area contributed by atoms with E-state index in [-0.39, 0.29) is 16.4 Å². The van der Waals surface area contributed by atoms with Crippen LogP contribution < -0.4 is 0 Å². The monoisotopic (exact) mass is 153 g/mol. The smallest absolute Gasteiger partial charge is 0.00218 e. The molecule has 0 bridgehead atoms. The van der Waals surface area contributed by atoms with Gasteiger partial charge in [0.05, 0.1) is 0 Å². The van der Waals surface area contributed by atoms with Gasteiger partial charge in [-0.1, -0.05) is 6.42 Å². The zero-order valence-corrected chi connectivity index (χ0v) is 6.48. The third kappa shape index (κ3) is 5.97. The molecular formula is C6H19NO3. The quantitative estimate of drug-likeness (QED) is 0.421. The summed E-state index contributed by atoms with van der Waals surface area (Å²) in [4.78, 5) is 2.39. The van der Waals surface area contributed by atoms with Crippen LogP contribution in [-0.4, -0.2) is 41.5 Å². The fourth-order valence-corrected chi connectivity index (χ4v) is 1.05. The van der Waals surface area contributed by atoms with Gasteiger partial charge in [-0.15, -0.1) is 0 Å². The van der Waals surface area contributed by atoms with Gasteiger partial charge in [-0.2, -0.15) is 0 Å². The van der Waals surface area contributed by atoms with Crippen LogP contribution in [0.2, 0.25) is 0 Å². The molecular weight excluding hydrogens is 134 g/mol. The second-order valence-corrected chi connectivity index (χ2v) is 2.36. The highest BCUT2D eigenvalue weighted by atomic mass is 16.0. The molecule has 1 heterocycles. The van der Waals surface area contributed by atoms with Gasteiger partial charge in [0.1, 0.15) is 0 Å². The molecule has 0 spiro atoms. The van der Waals surface area contributed by atoms with Crippen LogP contribution >= 0.6 is 0 Å². The van der Waals surface area contributed by atoms with Crippen molar-refractivity contribution in [2.24, 2.45) is 0 Å². The van der Waals surface area contributed by atoms with E-state index in [2.05, 4.69) is 11.9 Å². The zero-order chi connectivity index (χ0) is 5.11. The standard InChI is InChI=1S/C6H13N.3H2O/c1-7-5-3-2-4-6-7;;;/h2-6H2,1H3;3*1H2. The number of rotatable bonds is 0. The molecule has 0 aromatic rings. The first-order valence-corrected chi connectivity index (χ1v) is 3.08. The fraction of sp³-hybridized carbons (Fsp3) is 1.00. The van der Waals surface area contributed by atoms with Crippen molar-refractivity contribution in [2.45, 2.75) is 19.3 Å². The summed E-state index contributed by atoms with van der Waals surface area (Å²) in [6.07, 6.45) is 4.28. The maximum absolute atomic E-state index is 2.39. The van der Waals surface area contributed by atoms with E-state index < -0.39 is 0 Å². The number of piperidine rings is 1. The number of hydrogen-bond acceptors (Lipinski definition) is 1. The Morgan fingerprint density at radius 1 is 0.800 bits per heavy atom. The molecule has 6 N–H and O–H groups in total. The topological polar surface area (TPSA) is 97.7 Å². The predicted octanol–water partition coefficient (Wildman–Crippen LogP) is -1.37. The molecule has 1 fully saturated rings. The van der Waals surface area contributed by atoms with Crippen molar-refractivity contribution in [3.63, 3.8) is 0 Å². The first-order valence-electron chi connectivity index (χ1n) is 3.08. The van der Waals surface area contributed by atoms with Crippen molar-refractivity contribution in [2.75, 3.05) is 20.1 Å². The fourth-order valence-electron chi connectivity index (χ4n) is 1.05. The lowest BCUT2D eigenvalue weighted by Gasteiger charge is -2.20. The highest BCUT2D eigenvalue weighted by molar-refractivity contribution is 4.58. The average molecular weight is 153 g/mol. The van der Waals surface area contributed by atoms with Crippen LogP contribution in [0, 0.1) is 0 Å². The van der Waals surface area contributed by atoms with E-state index in [1.807, 2.05) is 0 Å². The lowest BCUT2D eigenvalue weighted by Crippen LogP contribution is -2.24. The van der Waals surface area contributed by atoms with E-state index in [0.717, 1.165) is 0 Å². The van der Waals surface area contributed by atoms with E-state index in [1.54, 1.807) is 0 Å². The lowest BCUT2D eigenvalue weighted by molar-refractivity contribution is 0.277. The minimum Gasteiger partial charge on any atom is -0.412 e. The normalized spacial score (nSPS) is 17.7. The van der Waals surface area contributed by atoms with Gasteiger partial charge in [-0.25, -0.2) is 0 Å². The van der Waals surface area contributed by atoms with Gasteiger partial charge in [0, 0.05) is 0 Å². The zero-order valence-electron chi connectivity index (χ0n) is 6.48. The molecule has 0 atom stereocenters. The van der Waals surface area contributed by atoms with E-state index in [4.69, 9.17) is 0 Å². The maximum atomic E-state index is 2.39. The van der Waals surface area contributed by atoms with E-state index in [1.165, 1.54) is 32.4 Å². The Bertz CT molecular complexity index is 55.0. The second-order valence-electron chi connectivity index (χ2n) is 2.36. The van der Waals surface area contributed by atoms with Crippen molar-refractivity contribution >= 4 is 0 Å². The van der Waals surface area contributed by atoms with Gasteiger partial charge in [0.25, 0.3) is 0 Å². The van der Waals surface area contributed by atoms with Crippen LogP contribution in [0.25, 0.3) is 0 Å². The minimum absolute atomic E-state index is 0. The van der Waals surface area contributed by atoms with Crippen LogP contribution in [0.15, 0.2) is 0 Å². The Balaban J connectivity index is -0.000000163. The molecule has 0 aromatic heterocycles. The number of likely N-dealkylation sites (tertiary alicyclic amines) is 1. The number of hydrogen-bond donors (Lipinski definition) is 0. The average Bonchev–Trinajstić information content (AvgIpc) is 1.69. The highest BCUT2D eigenvalue weighted by Gasteiger charge is 2.02. The molecule has 0 amide bonds. The van der Waals surface area contributed by atoms with Crippen LogP contribution in [0.4, 0.5) is 0 Å². The van der Waals surface area contributed by atoms with Gasteiger partial charge in [-0.05, 0) is 33.0 Å². The van der Waals surface area contributed by atoms with Crippen LogP contribution in [0.5, 0.6) is 0 Å².